The van der Waals surface area contributed by atoms with Crippen molar-refractivity contribution in [1.82, 2.24) is 5.32 Å². The fourth-order valence-electron chi connectivity index (χ4n) is 2.22. The van der Waals surface area contributed by atoms with Gasteiger partial charge in [-0.15, -0.1) is 0 Å². The van der Waals surface area contributed by atoms with Gasteiger partial charge in [0.05, 0.1) is 6.61 Å². The molecule has 0 fully saturated rings. The molecule has 0 atom stereocenters. The maximum atomic E-state index is 12.7. The molecule has 0 saturated heterocycles. The summed E-state index contributed by atoms with van der Waals surface area (Å²) >= 11 is 0. The predicted octanol–water partition coefficient (Wildman–Crippen LogP) is 3.27. The maximum absolute atomic E-state index is 12.7. The molecule has 1 amide bonds. The Balaban J connectivity index is 1.70. The first kappa shape index (κ1) is 18.5. The van der Waals surface area contributed by atoms with E-state index >= 15 is 0 Å². The molecule has 1 aromatic heterocycles. The molecular weight excluding hydrogens is 329 g/mol. The van der Waals surface area contributed by atoms with Gasteiger partial charge in [0.15, 0.2) is 5.76 Å². The van der Waals surface area contributed by atoms with Crippen molar-refractivity contribution in [3.05, 3.63) is 53.2 Å². The molecule has 0 aliphatic rings. The second-order valence-corrected chi connectivity index (χ2v) is 5.37. The van der Waals surface area contributed by atoms with E-state index in [-0.39, 0.29) is 22.9 Å². The lowest BCUT2D eigenvalue weighted by Gasteiger charge is -2.06. The van der Waals surface area contributed by atoms with Gasteiger partial charge in [-0.3, -0.25) is 4.79 Å². The Bertz CT molecular complexity index is 724. The van der Waals surface area contributed by atoms with Gasteiger partial charge in [-0.25, -0.2) is 9.18 Å². The molecule has 2 rings (SSSR count). The molecule has 25 heavy (non-hydrogen) atoms. The average molecular weight is 349 g/mol. The zero-order chi connectivity index (χ0) is 18.2. The quantitative estimate of drug-likeness (QED) is 0.678. The van der Waals surface area contributed by atoms with E-state index in [1.165, 1.54) is 18.2 Å². The lowest BCUT2D eigenvalue weighted by atomic mass is 10.2. The Morgan fingerprint density at radius 2 is 1.96 bits per heavy atom. The molecule has 134 valence electrons. The van der Waals surface area contributed by atoms with Gasteiger partial charge in [-0.1, -0.05) is 6.92 Å². The number of amides is 1. The van der Waals surface area contributed by atoms with Gasteiger partial charge in [0.25, 0.3) is 5.91 Å². The summed E-state index contributed by atoms with van der Waals surface area (Å²) in [5.41, 5.74) is 0.0142. The maximum Gasteiger partial charge on any atom is 0.339 e. The van der Waals surface area contributed by atoms with Crippen molar-refractivity contribution in [2.24, 2.45) is 0 Å². The van der Waals surface area contributed by atoms with Crippen LogP contribution in [0.25, 0.3) is 0 Å². The van der Waals surface area contributed by atoms with Gasteiger partial charge in [-0.05, 0) is 37.1 Å². The van der Waals surface area contributed by atoms with Crippen LogP contribution in [0.3, 0.4) is 0 Å². The van der Waals surface area contributed by atoms with Crippen molar-refractivity contribution >= 4 is 11.9 Å². The number of unbranched alkanes of at least 4 members (excludes halogenated alkanes) is 1. The topological polar surface area (TPSA) is 88.8 Å². The molecule has 0 aliphatic carbocycles. The largest absolute Gasteiger partial charge is 0.494 e. The average Bonchev–Trinajstić information content (AvgIpc) is 3.04. The molecule has 0 bridgehead atoms. The first-order chi connectivity index (χ1) is 12.0. The molecule has 1 heterocycles. The smallest absolute Gasteiger partial charge is 0.339 e. The second kappa shape index (κ2) is 8.86. The van der Waals surface area contributed by atoms with Crippen molar-refractivity contribution in [2.45, 2.75) is 26.2 Å². The van der Waals surface area contributed by atoms with Gasteiger partial charge in [0.2, 0.25) is 0 Å². The Hall–Kier alpha value is -2.83. The van der Waals surface area contributed by atoms with Crippen molar-refractivity contribution in [1.29, 1.82) is 0 Å². The first-order valence-corrected chi connectivity index (χ1v) is 8.03. The number of carbonyl (C=O) groups is 2. The number of aromatic carboxylic acids is 1. The molecule has 7 heteroatoms. The normalized spacial score (nSPS) is 10.5. The summed E-state index contributed by atoms with van der Waals surface area (Å²) in [5.74, 6) is -0.999. The van der Waals surface area contributed by atoms with Crippen LogP contribution >= 0.6 is 0 Å². The van der Waals surface area contributed by atoms with Gasteiger partial charge in [0, 0.05) is 19.0 Å². The fourth-order valence-corrected chi connectivity index (χ4v) is 2.22. The molecule has 0 unspecified atom stereocenters. The van der Waals surface area contributed by atoms with E-state index in [9.17, 15) is 14.0 Å². The van der Waals surface area contributed by atoms with Crippen LogP contribution < -0.4 is 10.1 Å². The summed E-state index contributed by atoms with van der Waals surface area (Å²) in [6, 6.07) is 7.01. The highest BCUT2D eigenvalue weighted by atomic mass is 19.1. The molecule has 0 aliphatic heterocycles. The third-order valence-corrected chi connectivity index (χ3v) is 3.52. The van der Waals surface area contributed by atoms with Crippen molar-refractivity contribution in [3.63, 3.8) is 0 Å². The summed E-state index contributed by atoms with van der Waals surface area (Å²) < 4.78 is 23.5. The van der Waals surface area contributed by atoms with Crippen LogP contribution in [0.1, 0.15) is 46.4 Å². The van der Waals surface area contributed by atoms with E-state index in [0.29, 0.717) is 38.2 Å². The number of carbonyl (C=O) groups excluding carboxylic acids is 1. The third kappa shape index (κ3) is 5.34. The summed E-state index contributed by atoms with van der Waals surface area (Å²) in [5, 5.41) is 11.7. The van der Waals surface area contributed by atoms with E-state index in [1.54, 1.807) is 19.1 Å². The number of furan rings is 1. The third-order valence-electron chi connectivity index (χ3n) is 3.52. The minimum atomic E-state index is -1.11. The number of aryl methyl sites for hydroxylation is 1. The lowest BCUT2D eigenvalue weighted by Crippen LogP contribution is -2.24. The second-order valence-electron chi connectivity index (χ2n) is 5.37. The Morgan fingerprint density at radius 3 is 2.56 bits per heavy atom. The minimum absolute atomic E-state index is 0.00295. The molecule has 1 aromatic carbocycles. The number of hydrogen-bond donors (Lipinski definition) is 2. The highest BCUT2D eigenvalue weighted by molar-refractivity contribution is 5.96. The molecular formula is C18H20FNO5. The van der Waals surface area contributed by atoms with E-state index in [1.807, 2.05) is 0 Å². The number of ether oxygens (including phenoxy) is 1. The van der Waals surface area contributed by atoms with Crippen LogP contribution in [0.5, 0.6) is 5.75 Å². The monoisotopic (exact) mass is 349 g/mol. The number of nitrogens with one attached hydrogen (secondary N) is 1. The molecule has 6 nitrogen and oxygen atoms in total. The Morgan fingerprint density at radius 1 is 1.24 bits per heavy atom. The highest BCUT2D eigenvalue weighted by Gasteiger charge is 2.19. The number of halogens is 1. The zero-order valence-corrected chi connectivity index (χ0v) is 13.9. The van der Waals surface area contributed by atoms with Gasteiger partial charge < -0.3 is 19.6 Å². The van der Waals surface area contributed by atoms with Crippen LogP contribution in [0.15, 0.2) is 34.7 Å². The van der Waals surface area contributed by atoms with Crippen molar-refractivity contribution in [2.75, 3.05) is 13.2 Å². The number of carboxylic acid groups (broad SMARTS) is 1. The van der Waals surface area contributed by atoms with Crippen molar-refractivity contribution in [3.8, 4) is 5.75 Å². The Kier molecular flexibility index (Phi) is 6.56. The first-order valence-electron chi connectivity index (χ1n) is 8.03. The predicted molar refractivity (Wildman–Crippen MR) is 88.5 cm³/mol. The minimum Gasteiger partial charge on any atom is -0.494 e. The molecule has 2 N–H and O–H groups in total. The van der Waals surface area contributed by atoms with E-state index in [4.69, 9.17) is 14.3 Å². The summed E-state index contributed by atoms with van der Waals surface area (Å²) in [6.45, 7) is 2.62. The fraction of sp³-hybridized carbons (Fsp3) is 0.333. The molecule has 0 spiro atoms. The van der Waals surface area contributed by atoms with E-state index in [2.05, 4.69) is 5.32 Å². The van der Waals surface area contributed by atoms with Crippen LogP contribution in [-0.2, 0) is 6.42 Å². The molecule has 0 radical (unpaired) electrons. The van der Waals surface area contributed by atoms with Crippen LogP contribution in [0.2, 0.25) is 0 Å². The van der Waals surface area contributed by atoms with Crippen LogP contribution in [-0.4, -0.2) is 30.1 Å². The molecule has 2 aromatic rings. The van der Waals surface area contributed by atoms with Gasteiger partial charge >= 0.3 is 5.97 Å². The van der Waals surface area contributed by atoms with Gasteiger partial charge in [0.1, 0.15) is 22.9 Å². The standard InChI is InChI=1S/C18H20FNO5/c1-2-15-14(18(22)23)11-16(25-15)17(21)20-9-3-4-10-24-13-7-5-12(19)6-8-13/h5-8,11H,2-4,9-10H2,1H3,(H,20,21)(H,22,23). The van der Waals surface area contributed by atoms with Crippen molar-refractivity contribution < 1.29 is 28.2 Å². The number of hydrogen-bond acceptors (Lipinski definition) is 4. The summed E-state index contributed by atoms with van der Waals surface area (Å²) in [7, 11) is 0. The number of benzene rings is 1. The summed E-state index contributed by atoms with van der Waals surface area (Å²) in [4.78, 5) is 23.0. The number of carboxylic acids is 1. The van der Waals surface area contributed by atoms with Crippen LogP contribution in [0, 0.1) is 5.82 Å². The number of rotatable bonds is 9. The molecule has 0 saturated carbocycles. The summed E-state index contributed by atoms with van der Waals surface area (Å²) in [6.07, 6.45) is 1.78. The van der Waals surface area contributed by atoms with Crippen LogP contribution in [0.4, 0.5) is 4.39 Å². The lowest BCUT2D eigenvalue weighted by molar-refractivity contribution is 0.0694. The SMILES string of the molecule is CCc1oc(C(=O)NCCCCOc2ccc(F)cc2)cc1C(=O)O. The van der Waals surface area contributed by atoms with E-state index < -0.39 is 11.9 Å². The van der Waals surface area contributed by atoms with Gasteiger partial charge in [-0.2, -0.15) is 0 Å². The zero-order valence-electron chi connectivity index (χ0n) is 13.9. The Labute approximate surface area is 144 Å². The highest BCUT2D eigenvalue weighted by Crippen LogP contribution is 2.16. The van der Waals surface area contributed by atoms with E-state index in [0.717, 1.165) is 0 Å².